The Bertz CT molecular complexity index is 1180. The summed E-state index contributed by atoms with van der Waals surface area (Å²) in [6.07, 6.45) is 0.634. The lowest BCUT2D eigenvalue weighted by Gasteiger charge is -2.09. The second-order valence-electron chi connectivity index (χ2n) is 5.72. The minimum atomic E-state index is -0.106. The van der Waals surface area contributed by atoms with Gasteiger partial charge in [0.2, 0.25) is 0 Å². The topological polar surface area (TPSA) is 57.0 Å². The molecule has 0 fully saturated rings. The SMILES string of the molecule is CCOc1cccc2sc(-n3c(CC)nc4ccc(Br)cc4c3=O)nc12. The van der Waals surface area contributed by atoms with Crippen LogP contribution in [0.3, 0.4) is 0 Å². The fourth-order valence-electron chi connectivity index (χ4n) is 2.92. The van der Waals surface area contributed by atoms with Crippen molar-refractivity contribution in [1.29, 1.82) is 0 Å². The van der Waals surface area contributed by atoms with E-state index in [2.05, 4.69) is 20.9 Å². The standard InChI is InChI=1S/C19H16BrN3O2S/c1-3-16-21-13-9-8-11(20)10-12(13)18(24)23(16)19-22-17-14(25-4-2)6-5-7-15(17)26-19/h5-10H,3-4H2,1-2H3. The van der Waals surface area contributed by atoms with Crippen LogP contribution < -0.4 is 10.3 Å². The smallest absolute Gasteiger partial charge is 0.267 e. The quantitative estimate of drug-likeness (QED) is 0.470. The first-order chi connectivity index (χ1) is 12.6. The van der Waals surface area contributed by atoms with Crippen molar-refractivity contribution in [3.63, 3.8) is 0 Å². The number of aromatic nitrogens is 3. The molecule has 0 radical (unpaired) electrons. The Morgan fingerprint density at radius 3 is 2.81 bits per heavy atom. The molecular formula is C19H16BrN3O2S. The van der Waals surface area contributed by atoms with Crippen LogP contribution in [0.2, 0.25) is 0 Å². The molecule has 0 N–H and O–H groups in total. The third-order valence-corrected chi connectivity index (χ3v) is 5.58. The van der Waals surface area contributed by atoms with Gasteiger partial charge in [-0.3, -0.25) is 4.79 Å². The van der Waals surface area contributed by atoms with E-state index in [9.17, 15) is 4.79 Å². The van der Waals surface area contributed by atoms with Crippen molar-refractivity contribution in [2.75, 3.05) is 6.61 Å². The number of halogens is 1. The summed E-state index contributed by atoms with van der Waals surface area (Å²) in [6.45, 7) is 4.50. The first kappa shape index (κ1) is 17.2. The largest absolute Gasteiger partial charge is 0.492 e. The molecule has 0 aliphatic heterocycles. The highest BCUT2D eigenvalue weighted by molar-refractivity contribution is 9.10. The Morgan fingerprint density at radius 2 is 2.04 bits per heavy atom. The van der Waals surface area contributed by atoms with Gasteiger partial charge < -0.3 is 4.74 Å². The van der Waals surface area contributed by atoms with Crippen LogP contribution in [0.25, 0.3) is 26.3 Å². The van der Waals surface area contributed by atoms with Gasteiger partial charge in [0.05, 0.1) is 22.2 Å². The van der Waals surface area contributed by atoms with Gasteiger partial charge in [-0.2, -0.15) is 0 Å². The summed E-state index contributed by atoms with van der Waals surface area (Å²) in [4.78, 5) is 22.6. The lowest BCUT2D eigenvalue weighted by atomic mass is 10.2. The molecular weight excluding hydrogens is 414 g/mol. The van der Waals surface area contributed by atoms with E-state index in [0.717, 1.165) is 20.4 Å². The van der Waals surface area contributed by atoms with Gasteiger partial charge in [-0.05, 0) is 37.3 Å². The maximum absolute atomic E-state index is 13.2. The number of fused-ring (bicyclic) bond motifs is 2. The number of hydrogen-bond donors (Lipinski definition) is 0. The highest BCUT2D eigenvalue weighted by atomic mass is 79.9. The lowest BCUT2D eigenvalue weighted by molar-refractivity contribution is 0.343. The number of benzene rings is 2. The predicted octanol–water partition coefficient (Wildman–Crippen LogP) is 4.72. The highest BCUT2D eigenvalue weighted by Crippen LogP contribution is 2.31. The van der Waals surface area contributed by atoms with E-state index < -0.39 is 0 Å². The fraction of sp³-hybridized carbons (Fsp3) is 0.211. The monoisotopic (exact) mass is 429 g/mol. The molecule has 0 aliphatic rings. The van der Waals surface area contributed by atoms with Gasteiger partial charge in [0.1, 0.15) is 17.1 Å². The van der Waals surface area contributed by atoms with Crippen molar-refractivity contribution in [2.45, 2.75) is 20.3 Å². The lowest BCUT2D eigenvalue weighted by Crippen LogP contribution is -2.23. The molecule has 0 saturated heterocycles. The van der Waals surface area contributed by atoms with Gasteiger partial charge >= 0.3 is 0 Å². The van der Waals surface area contributed by atoms with Crippen LogP contribution in [0.4, 0.5) is 0 Å². The average molecular weight is 430 g/mol. The van der Waals surface area contributed by atoms with Crippen molar-refractivity contribution >= 4 is 48.4 Å². The van der Waals surface area contributed by atoms with Crippen LogP contribution in [0.15, 0.2) is 45.7 Å². The molecule has 4 aromatic rings. The zero-order valence-electron chi connectivity index (χ0n) is 14.3. The van der Waals surface area contributed by atoms with Gasteiger partial charge in [-0.1, -0.05) is 40.3 Å². The summed E-state index contributed by atoms with van der Waals surface area (Å²) in [6, 6.07) is 11.4. The number of rotatable bonds is 4. The van der Waals surface area contributed by atoms with E-state index in [4.69, 9.17) is 9.72 Å². The molecule has 2 aromatic carbocycles. The average Bonchev–Trinajstić information content (AvgIpc) is 3.07. The fourth-order valence-corrected chi connectivity index (χ4v) is 4.28. The molecule has 26 heavy (non-hydrogen) atoms. The van der Waals surface area contributed by atoms with E-state index in [1.807, 2.05) is 44.2 Å². The Labute approximate surface area is 162 Å². The number of ether oxygens (including phenoxy) is 1. The van der Waals surface area contributed by atoms with Gasteiger partial charge in [-0.25, -0.2) is 14.5 Å². The third kappa shape index (κ3) is 2.81. The molecule has 2 aromatic heterocycles. The number of nitrogens with zero attached hydrogens (tertiary/aromatic N) is 3. The summed E-state index contributed by atoms with van der Waals surface area (Å²) >= 11 is 4.90. The molecule has 4 rings (SSSR count). The first-order valence-electron chi connectivity index (χ1n) is 8.36. The van der Waals surface area contributed by atoms with Crippen molar-refractivity contribution in [1.82, 2.24) is 14.5 Å². The molecule has 0 saturated carbocycles. The Hall–Kier alpha value is -2.25. The highest BCUT2D eigenvalue weighted by Gasteiger charge is 2.17. The van der Waals surface area contributed by atoms with Crippen LogP contribution in [-0.2, 0) is 6.42 Å². The minimum Gasteiger partial charge on any atom is -0.492 e. The van der Waals surface area contributed by atoms with Gasteiger partial charge in [0, 0.05) is 10.9 Å². The van der Waals surface area contributed by atoms with Crippen LogP contribution >= 0.6 is 27.3 Å². The molecule has 5 nitrogen and oxygen atoms in total. The number of thiazole rings is 1. The van der Waals surface area contributed by atoms with Crippen LogP contribution in [-0.4, -0.2) is 21.1 Å². The maximum Gasteiger partial charge on any atom is 0.267 e. The maximum atomic E-state index is 13.2. The van der Waals surface area contributed by atoms with Gasteiger partial charge in [-0.15, -0.1) is 0 Å². The van der Waals surface area contributed by atoms with Gasteiger partial charge in [0.15, 0.2) is 5.13 Å². The van der Waals surface area contributed by atoms with E-state index in [1.165, 1.54) is 11.3 Å². The molecule has 0 atom stereocenters. The molecule has 0 bridgehead atoms. The molecule has 132 valence electrons. The Kier molecular flexibility index (Phi) is 4.50. The summed E-state index contributed by atoms with van der Waals surface area (Å²) in [5, 5.41) is 1.18. The number of hydrogen-bond acceptors (Lipinski definition) is 5. The van der Waals surface area contributed by atoms with Gasteiger partial charge in [0.25, 0.3) is 5.56 Å². The summed E-state index contributed by atoms with van der Waals surface area (Å²) < 4.78 is 9.13. The van der Waals surface area contributed by atoms with E-state index in [0.29, 0.717) is 34.9 Å². The van der Waals surface area contributed by atoms with E-state index in [-0.39, 0.29) is 5.56 Å². The third-order valence-electron chi connectivity index (χ3n) is 4.08. The van der Waals surface area contributed by atoms with E-state index >= 15 is 0 Å². The summed E-state index contributed by atoms with van der Waals surface area (Å²) in [5.74, 6) is 1.43. The van der Waals surface area contributed by atoms with Crippen LogP contribution in [0, 0.1) is 0 Å². The number of para-hydroxylation sites is 1. The molecule has 0 aliphatic carbocycles. The van der Waals surface area contributed by atoms with Crippen molar-refractivity contribution in [3.8, 4) is 10.9 Å². The summed E-state index contributed by atoms with van der Waals surface area (Å²) in [7, 11) is 0. The molecule has 7 heteroatoms. The molecule has 2 heterocycles. The Morgan fingerprint density at radius 1 is 1.19 bits per heavy atom. The minimum absolute atomic E-state index is 0.106. The second-order valence-corrected chi connectivity index (χ2v) is 7.64. The van der Waals surface area contributed by atoms with E-state index in [1.54, 1.807) is 10.6 Å². The van der Waals surface area contributed by atoms with Crippen molar-refractivity contribution < 1.29 is 4.74 Å². The first-order valence-corrected chi connectivity index (χ1v) is 9.97. The molecule has 0 spiro atoms. The molecule has 0 amide bonds. The Balaban J connectivity index is 2.02. The molecule has 0 unspecified atom stereocenters. The zero-order valence-corrected chi connectivity index (χ0v) is 16.7. The normalized spacial score (nSPS) is 11.3. The summed E-state index contributed by atoms with van der Waals surface area (Å²) in [5.41, 5.74) is 1.37. The van der Waals surface area contributed by atoms with Crippen molar-refractivity contribution in [2.24, 2.45) is 0 Å². The van der Waals surface area contributed by atoms with Crippen LogP contribution in [0.1, 0.15) is 19.7 Å². The van der Waals surface area contributed by atoms with Crippen LogP contribution in [0.5, 0.6) is 5.75 Å². The zero-order chi connectivity index (χ0) is 18.3. The number of aryl methyl sites for hydroxylation is 1. The second kappa shape index (κ2) is 6.81. The van der Waals surface area contributed by atoms with Crippen molar-refractivity contribution in [3.05, 3.63) is 57.0 Å². The predicted molar refractivity (Wildman–Crippen MR) is 109 cm³/mol.